The molecule has 0 unspecified atom stereocenters. The molecule has 0 aliphatic carbocycles. The van der Waals surface area contributed by atoms with E-state index < -0.39 is 0 Å². The molecule has 0 saturated carbocycles. The molecular weight excluding hydrogens is 348 g/mol. The van der Waals surface area contributed by atoms with Crippen molar-refractivity contribution in [1.82, 2.24) is 15.3 Å². The maximum Gasteiger partial charge on any atom is 0.289 e. The van der Waals surface area contributed by atoms with Crippen LogP contribution in [0.3, 0.4) is 0 Å². The predicted molar refractivity (Wildman–Crippen MR) is 101 cm³/mol. The lowest BCUT2D eigenvalue weighted by Crippen LogP contribution is -2.37. The van der Waals surface area contributed by atoms with Crippen LogP contribution in [0, 0.1) is 0 Å². The van der Waals surface area contributed by atoms with E-state index in [-0.39, 0.29) is 11.7 Å². The zero-order valence-corrected chi connectivity index (χ0v) is 15.2. The normalized spacial score (nSPS) is 14.8. The van der Waals surface area contributed by atoms with Crippen molar-refractivity contribution >= 4 is 33.8 Å². The summed E-state index contributed by atoms with van der Waals surface area (Å²) in [6, 6.07) is 7.68. The first kappa shape index (κ1) is 17.7. The Bertz CT molecular complexity index is 949. The van der Waals surface area contributed by atoms with Gasteiger partial charge in [0, 0.05) is 38.7 Å². The Morgan fingerprint density at radius 2 is 2.07 bits per heavy atom. The molecular formula is C19H22N4O4. The maximum absolute atomic E-state index is 12.6. The summed E-state index contributed by atoms with van der Waals surface area (Å²) >= 11 is 0. The Kier molecular flexibility index (Phi) is 5.17. The molecule has 3 heterocycles. The third-order valence-electron chi connectivity index (χ3n) is 4.53. The fraction of sp³-hybridized carbons (Fsp3) is 0.421. The molecule has 3 aromatic rings. The van der Waals surface area contributed by atoms with E-state index >= 15 is 0 Å². The number of nitrogens with one attached hydrogen (secondary N) is 1. The van der Waals surface area contributed by atoms with Gasteiger partial charge in [0.2, 0.25) is 5.82 Å². The van der Waals surface area contributed by atoms with Crippen molar-refractivity contribution in [3.8, 4) is 0 Å². The summed E-state index contributed by atoms with van der Waals surface area (Å²) in [6.07, 6.45) is 0.732. The van der Waals surface area contributed by atoms with E-state index in [2.05, 4.69) is 20.2 Å². The van der Waals surface area contributed by atoms with Gasteiger partial charge >= 0.3 is 0 Å². The number of hydrogen-bond acceptors (Lipinski definition) is 7. The van der Waals surface area contributed by atoms with Crippen LogP contribution in [0.5, 0.6) is 0 Å². The number of aromatic nitrogens is 2. The van der Waals surface area contributed by atoms with Gasteiger partial charge in [0.25, 0.3) is 5.91 Å². The number of methoxy groups -OCH3 is 1. The topological polar surface area (TPSA) is 89.7 Å². The molecule has 1 aliphatic heterocycles. The molecule has 0 atom stereocenters. The SMILES string of the molecule is COCCCNC(=O)c1nc(N2CCOCC2)c2oc3ccccc3c2n1. The highest BCUT2D eigenvalue weighted by Crippen LogP contribution is 2.33. The van der Waals surface area contributed by atoms with Crippen molar-refractivity contribution in [3.63, 3.8) is 0 Å². The van der Waals surface area contributed by atoms with E-state index in [1.165, 1.54) is 0 Å². The molecule has 27 heavy (non-hydrogen) atoms. The van der Waals surface area contributed by atoms with Gasteiger partial charge in [0.1, 0.15) is 11.1 Å². The van der Waals surface area contributed by atoms with Crippen molar-refractivity contribution in [2.24, 2.45) is 0 Å². The second kappa shape index (κ2) is 7.89. The number of nitrogens with zero attached hydrogens (tertiary/aromatic N) is 3. The molecule has 1 amide bonds. The van der Waals surface area contributed by atoms with Crippen molar-refractivity contribution in [1.29, 1.82) is 0 Å². The molecule has 2 aromatic heterocycles. The number of carbonyl (C=O) groups is 1. The maximum atomic E-state index is 12.6. The molecule has 1 saturated heterocycles. The lowest BCUT2D eigenvalue weighted by Gasteiger charge is -2.27. The molecule has 0 radical (unpaired) electrons. The first-order chi connectivity index (χ1) is 13.3. The molecule has 0 spiro atoms. The number of ether oxygens (including phenoxy) is 2. The predicted octanol–water partition coefficient (Wildman–Crippen LogP) is 1.98. The Morgan fingerprint density at radius 1 is 1.26 bits per heavy atom. The number of furan rings is 1. The van der Waals surface area contributed by atoms with Gasteiger partial charge < -0.3 is 24.1 Å². The summed E-state index contributed by atoms with van der Waals surface area (Å²) < 4.78 is 16.5. The van der Waals surface area contributed by atoms with Crippen LogP contribution >= 0.6 is 0 Å². The van der Waals surface area contributed by atoms with Crippen molar-refractivity contribution in [2.45, 2.75) is 6.42 Å². The highest BCUT2D eigenvalue weighted by molar-refractivity contribution is 6.07. The summed E-state index contributed by atoms with van der Waals surface area (Å²) in [7, 11) is 1.64. The molecule has 8 heteroatoms. The second-order valence-corrected chi connectivity index (χ2v) is 6.35. The summed E-state index contributed by atoms with van der Waals surface area (Å²) in [4.78, 5) is 23.7. The largest absolute Gasteiger partial charge is 0.450 e. The lowest BCUT2D eigenvalue weighted by molar-refractivity contribution is 0.0938. The van der Waals surface area contributed by atoms with Crippen LogP contribution in [-0.2, 0) is 9.47 Å². The van der Waals surface area contributed by atoms with Crippen LogP contribution in [0.25, 0.3) is 22.1 Å². The Hall–Kier alpha value is -2.71. The van der Waals surface area contributed by atoms with Crippen molar-refractivity contribution < 1.29 is 18.7 Å². The Balaban J connectivity index is 1.75. The van der Waals surface area contributed by atoms with Gasteiger partial charge in [-0.05, 0) is 18.6 Å². The summed E-state index contributed by atoms with van der Waals surface area (Å²) in [5.74, 6) is 0.488. The number of rotatable bonds is 6. The van der Waals surface area contributed by atoms with Gasteiger partial charge in [-0.2, -0.15) is 0 Å². The number of benzene rings is 1. The van der Waals surface area contributed by atoms with Crippen molar-refractivity contribution in [3.05, 3.63) is 30.1 Å². The summed E-state index contributed by atoms with van der Waals surface area (Å²) in [5.41, 5.74) is 1.99. The minimum absolute atomic E-state index is 0.146. The quantitative estimate of drug-likeness (QED) is 0.664. The van der Waals surface area contributed by atoms with Crippen LogP contribution in [-0.4, -0.2) is 62.4 Å². The number of amides is 1. The minimum Gasteiger partial charge on any atom is -0.450 e. The molecule has 1 N–H and O–H groups in total. The average Bonchev–Trinajstić information content (AvgIpc) is 3.09. The molecule has 8 nitrogen and oxygen atoms in total. The van der Waals surface area contributed by atoms with Crippen LogP contribution in [0.1, 0.15) is 17.0 Å². The first-order valence-electron chi connectivity index (χ1n) is 9.07. The first-order valence-corrected chi connectivity index (χ1v) is 9.07. The van der Waals surface area contributed by atoms with E-state index in [9.17, 15) is 4.79 Å². The van der Waals surface area contributed by atoms with E-state index in [1.807, 2.05) is 24.3 Å². The smallest absolute Gasteiger partial charge is 0.289 e. The molecule has 4 rings (SSSR count). The van der Waals surface area contributed by atoms with Gasteiger partial charge in [0.05, 0.1) is 13.2 Å². The van der Waals surface area contributed by atoms with Crippen molar-refractivity contribution in [2.75, 3.05) is 51.5 Å². The monoisotopic (exact) mass is 370 g/mol. The highest BCUT2D eigenvalue weighted by Gasteiger charge is 2.23. The standard InChI is InChI=1S/C19H22N4O4/c1-25-10-4-7-20-19(24)17-21-15-13-5-2-3-6-14(13)27-16(15)18(22-17)23-8-11-26-12-9-23/h2-3,5-6H,4,7-12H2,1H3,(H,20,24). The fourth-order valence-corrected chi connectivity index (χ4v) is 3.16. The highest BCUT2D eigenvalue weighted by atomic mass is 16.5. The van der Waals surface area contributed by atoms with Gasteiger partial charge in [-0.25, -0.2) is 9.97 Å². The van der Waals surface area contributed by atoms with Crippen LogP contribution in [0.15, 0.2) is 28.7 Å². The Labute approximate surface area is 156 Å². The zero-order valence-electron chi connectivity index (χ0n) is 15.2. The number of carbonyl (C=O) groups excluding carboxylic acids is 1. The molecule has 0 bridgehead atoms. The van der Waals surface area contributed by atoms with E-state index in [4.69, 9.17) is 13.9 Å². The van der Waals surface area contributed by atoms with E-state index in [1.54, 1.807) is 7.11 Å². The van der Waals surface area contributed by atoms with Crippen LogP contribution < -0.4 is 10.2 Å². The molecule has 1 aliphatic rings. The zero-order chi connectivity index (χ0) is 18.6. The minimum atomic E-state index is -0.298. The summed E-state index contributed by atoms with van der Waals surface area (Å²) in [5, 5.41) is 3.72. The Morgan fingerprint density at radius 3 is 2.89 bits per heavy atom. The lowest BCUT2D eigenvalue weighted by atomic mass is 10.2. The fourth-order valence-electron chi connectivity index (χ4n) is 3.16. The number of anilines is 1. The number of morpholine rings is 1. The van der Waals surface area contributed by atoms with Crippen LogP contribution in [0.2, 0.25) is 0 Å². The van der Waals surface area contributed by atoms with E-state index in [0.717, 1.165) is 17.4 Å². The second-order valence-electron chi connectivity index (χ2n) is 6.35. The molecule has 1 aromatic carbocycles. The summed E-state index contributed by atoms with van der Waals surface area (Å²) in [6.45, 7) is 3.71. The molecule has 142 valence electrons. The third kappa shape index (κ3) is 3.58. The van der Waals surface area contributed by atoms with Gasteiger partial charge in [-0.3, -0.25) is 4.79 Å². The molecule has 1 fully saturated rings. The van der Waals surface area contributed by atoms with Gasteiger partial charge in [-0.1, -0.05) is 12.1 Å². The number of para-hydroxylation sites is 1. The number of hydrogen-bond donors (Lipinski definition) is 1. The van der Waals surface area contributed by atoms with Gasteiger partial charge in [0.15, 0.2) is 11.4 Å². The third-order valence-corrected chi connectivity index (χ3v) is 4.53. The number of fused-ring (bicyclic) bond motifs is 3. The van der Waals surface area contributed by atoms with E-state index in [0.29, 0.717) is 56.4 Å². The van der Waals surface area contributed by atoms with Gasteiger partial charge in [-0.15, -0.1) is 0 Å². The average molecular weight is 370 g/mol. The van der Waals surface area contributed by atoms with Crippen LogP contribution in [0.4, 0.5) is 5.82 Å².